The molecule has 0 aliphatic rings. The molecule has 5 nitrogen and oxygen atoms in total. The van der Waals surface area contributed by atoms with Gasteiger partial charge in [0.2, 0.25) is 5.91 Å². The van der Waals surface area contributed by atoms with Gasteiger partial charge in [-0.05, 0) is 38.3 Å². The highest BCUT2D eigenvalue weighted by molar-refractivity contribution is 7.80. The number of anilines is 1. The number of thiocarbonyl (C=S) groups is 1. The molecular weight excluding hydrogens is 260 g/mol. The van der Waals surface area contributed by atoms with Crippen molar-refractivity contribution < 1.29 is 4.79 Å². The number of hydrogen-bond donors (Lipinski definition) is 3. The van der Waals surface area contributed by atoms with Crippen LogP contribution < -0.4 is 16.8 Å². The zero-order valence-corrected chi connectivity index (χ0v) is 12.1. The Morgan fingerprint density at radius 2 is 2.05 bits per heavy atom. The van der Waals surface area contributed by atoms with Crippen molar-refractivity contribution in [2.24, 2.45) is 11.5 Å². The first-order valence-electron chi connectivity index (χ1n) is 6.22. The number of primary amides is 1. The van der Waals surface area contributed by atoms with Crippen LogP contribution in [0.2, 0.25) is 0 Å². The van der Waals surface area contributed by atoms with E-state index in [1.807, 2.05) is 19.9 Å². The smallest absolute Gasteiger partial charge is 0.217 e. The molecule has 6 heteroatoms. The van der Waals surface area contributed by atoms with Crippen molar-refractivity contribution in [1.82, 2.24) is 4.98 Å². The maximum absolute atomic E-state index is 10.6. The van der Waals surface area contributed by atoms with Crippen molar-refractivity contribution >= 4 is 28.9 Å². The summed E-state index contributed by atoms with van der Waals surface area (Å²) in [6.45, 7) is 4.59. The van der Waals surface area contributed by atoms with Crippen molar-refractivity contribution in [2.45, 2.75) is 33.1 Å². The number of aromatic nitrogens is 1. The second-order valence-electron chi connectivity index (χ2n) is 4.52. The van der Waals surface area contributed by atoms with E-state index in [9.17, 15) is 4.79 Å². The zero-order chi connectivity index (χ0) is 14.4. The van der Waals surface area contributed by atoms with Crippen LogP contribution in [0.25, 0.3) is 0 Å². The van der Waals surface area contributed by atoms with Gasteiger partial charge in [-0.1, -0.05) is 12.2 Å². The van der Waals surface area contributed by atoms with Crippen LogP contribution in [-0.4, -0.2) is 22.4 Å². The Hall–Kier alpha value is -1.69. The van der Waals surface area contributed by atoms with Gasteiger partial charge in [-0.3, -0.25) is 4.79 Å². The topological polar surface area (TPSA) is 94.0 Å². The minimum absolute atomic E-state index is 0.270. The molecule has 0 saturated carbocycles. The van der Waals surface area contributed by atoms with Crippen LogP contribution in [0.3, 0.4) is 0 Å². The van der Waals surface area contributed by atoms with E-state index in [-0.39, 0.29) is 5.91 Å². The molecule has 0 atom stereocenters. The maximum atomic E-state index is 10.6. The summed E-state index contributed by atoms with van der Waals surface area (Å²) in [5.41, 5.74) is 13.5. The van der Waals surface area contributed by atoms with Gasteiger partial charge in [0, 0.05) is 18.7 Å². The van der Waals surface area contributed by atoms with Crippen LogP contribution in [0.4, 0.5) is 5.82 Å². The Kier molecular flexibility index (Phi) is 5.69. The van der Waals surface area contributed by atoms with Crippen molar-refractivity contribution in [3.05, 3.63) is 22.9 Å². The lowest BCUT2D eigenvalue weighted by Gasteiger charge is -2.13. The van der Waals surface area contributed by atoms with Gasteiger partial charge in [-0.25, -0.2) is 4.98 Å². The Balaban J connectivity index is 2.67. The summed E-state index contributed by atoms with van der Waals surface area (Å²) in [6.07, 6.45) is 2.01. The molecule has 0 radical (unpaired) electrons. The highest BCUT2D eigenvalue weighted by Crippen LogP contribution is 2.18. The lowest BCUT2D eigenvalue weighted by molar-refractivity contribution is -0.118. The number of nitrogens with one attached hydrogen (secondary N) is 1. The Labute approximate surface area is 118 Å². The summed E-state index contributed by atoms with van der Waals surface area (Å²) in [7, 11) is 0. The minimum Gasteiger partial charge on any atom is -0.389 e. The summed E-state index contributed by atoms with van der Waals surface area (Å²) in [5.74, 6) is 0.442. The van der Waals surface area contributed by atoms with Crippen LogP contribution in [0.1, 0.15) is 36.1 Å². The zero-order valence-electron chi connectivity index (χ0n) is 11.3. The van der Waals surface area contributed by atoms with Crippen molar-refractivity contribution in [3.63, 3.8) is 0 Å². The molecule has 0 spiro atoms. The first kappa shape index (κ1) is 15.4. The number of rotatable bonds is 7. The number of nitrogens with two attached hydrogens (primary N) is 2. The fourth-order valence-electron chi connectivity index (χ4n) is 1.91. The van der Waals surface area contributed by atoms with Crippen LogP contribution in [0.5, 0.6) is 0 Å². The number of carbonyl (C=O) groups is 1. The summed E-state index contributed by atoms with van der Waals surface area (Å²) in [4.78, 5) is 15.4. The van der Waals surface area contributed by atoms with E-state index in [0.29, 0.717) is 23.8 Å². The Morgan fingerprint density at radius 3 is 2.63 bits per heavy atom. The Morgan fingerprint density at radius 1 is 1.37 bits per heavy atom. The molecule has 0 saturated heterocycles. The molecule has 5 N–H and O–H groups in total. The molecule has 1 rings (SSSR count). The van der Waals surface area contributed by atoms with Gasteiger partial charge in [0.05, 0.1) is 5.56 Å². The van der Waals surface area contributed by atoms with Gasteiger partial charge in [0.15, 0.2) is 0 Å². The fraction of sp³-hybridized carbons (Fsp3) is 0.462. The first-order valence-corrected chi connectivity index (χ1v) is 6.63. The van der Waals surface area contributed by atoms with Crippen molar-refractivity contribution in [1.29, 1.82) is 0 Å². The largest absolute Gasteiger partial charge is 0.389 e. The summed E-state index contributed by atoms with van der Waals surface area (Å²) >= 11 is 5.05. The lowest BCUT2D eigenvalue weighted by Crippen LogP contribution is -2.17. The van der Waals surface area contributed by atoms with E-state index >= 15 is 0 Å². The van der Waals surface area contributed by atoms with E-state index in [1.54, 1.807) is 0 Å². The molecule has 1 aromatic heterocycles. The molecule has 0 bridgehead atoms. The van der Waals surface area contributed by atoms with E-state index in [4.69, 9.17) is 23.7 Å². The third-order valence-electron chi connectivity index (χ3n) is 2.73. The molecule has 104 valence electrons. The molecule has 1 heterocycles. The predicted octanol–water partition coefficient (Wildman–Crippen LogP) is 1.40. The number of aryl methyl sites for hydroxylation is 2. The number of carbonyl (C=O) groups excluding carboxylic acids is 1. The SMILES string of the molecule is Cc1cc(C)c(C(N)=S)c(NCCCCC(N)=O)n1. The fourth-order valence-corrected chi connectivity index (χ4v) is 2.16. The monoisotopic (exact) mass is 280 g/mol. The average molecular weight is 280 g/mol. The van der Waals surface area contributed by atoms with Gasteiger partial charge in [0.25, 0.3) is 0 Å². The van der Waals surface area contributed by atoms with E-state index < -0.39 is 0 Å². The molecule has 0 aliphatic heterocycles. The molecule has 1 amide bonds. The molecule has 1 aromatic rings. The van der Waals surface area contributed by atoms with E-state index in [2.05, 4.69) is 10.3 Å². The third kappa shape index (κ3) is 4.82. The highest BCUT2D eigenvalue weighted by atomic mass is 32.1. The summed E-state index contributed by atoms with van der Waals surface area (Å²) in [6, 6.07) is 1.95. The van der Waals surface area contributed by atoms with E-state index in [0.717, 1.165) is 29.7 Å². The second kappa shape index (κ2) is 7.04. The van der Waals surface area contributed by atoms with Gasteiger partial charge in [0.1, 0.15) is 10.8 Å². The second-order valence-corrected chi connectivity index (χ2v) is 4.96. The minimum atomic E-state index is -0.270. The molecule has 0 aliphatic carbocycles. The number of unbranched alkanes of at least 4 members (excludes halogenated alkanes) is 1. The number of amides is 1. The van der Waals surface area contributed by atoms with Crippen LogP contribution in [0, 0.1) is 13.8 Å². The predicted molar refractivity (Wildman–Crippen MR) is 81.1 cm³/mol. The highest BCUT2D eigenvalue weighted by Gasteiger charge is 2.10. The van der Waals surface area contributed by atoms with Gasteiger partial charge in [-0.15, -0.1) is 0 Å². The number of hydrogen-bond acceptors (Lipinski definition) is 4. The number of pyridine rings is 1. The average Bonchev–Trinajstić information content (AvgIpc) is 2.26. The Bertz CT molecular complexity index is 488. The number of nitrogens with zero attached hydrogens (tertiary/aromatic N) is 1. The molecule has 0 unspecified atom stereocenters. The van der Waals surface area contributed by atoms with Gasteiger partial charge >= 0.3 is 0 Å². The maximum Gasteiger partial charge on any atom is 0.217 e. The van der Waals surface area contributed by atoms with Crippen molar-refractivity contribution in [3.8, 4) is 0 Å². The van der Waals surface area contributed by atoms with Gasteiger partial charge in [-0.2, -0.15) is 0 Å². The lowest BCUT2D eigenvalue weighted by atomic mass is 10.1. The summed E-state index contributed by atoms with van der Waals surface area (Å²) < 4.78 is 0. The first-order chi connectivity index (χ1) is 8.91. The normalized spacial score (nSPS) is 10.2. The van der Waals surface area contributed by atoms with Crippen LogP contribution in [0.15, 0.2) is 6.07 Å². The van der Waals surface area contributed by atoms with Crippen molar-refractivity contribution in [2.75, 3.05) is 11.9 Å². The van der Waals surface area contributed by atoms with Gasteiger partial charge < -0.3 is 16.8 Å². The summed E-state index contributed by atoms with van der Waals surface area (Å²) in [5, 5.41) is 3.22. The van der Waals surface area contributed by atoms with Crippen LogP contribution in [-0.2, 0) is 4.79 Å². The van der Waals surface area contributed by atoms with E-state index in [1.165, 1.54) is 0 Å². The molecule has 0 aromatic carbocycles. The quantitative estimate of drug-likeness (QED) is 0.518. The van der Waals surface area contributed by atoms with Crippen LogP contribution >= 0.6 is 12.2 Å². The standard InChI is InChI=1S/C13H20N4OS/c1-8-7-9(2)17-13(11(8)12(15)19)16-6-4-3-5-10(14)18/h7H,3-6H2,1-2H3,(H2,14,18)(H2,15,19)(H,16,17). The molecular formula is C13H20N4OS. The third-order valence-corrected chi connectivity index (χ3v) is 2.94. The molecule has 0 fully saturated rings. The molecule has 19 heavy (non-hydrogen) atoms.